The Morgan fingerprint density at radius 3 is 2.23 bits per heavy atom. The predicted octanol–water partition coefficient (Wildman–Crippen LogP) is 5.46. The van der Waals surface area contributed by atoms with Gasteiger partial charge in [-0.05, 0) is 36.8 Å². The quantitative estimate of drug-likeness (QED) is 0.256. The van der Waals surface area contributed by atoms with Crippen molar-refractivity contribution in [2.24, 2.45) is 11.8 Å². The molecule has 0 saturated carbocycles. The Morgan fingerprint density at radius 1 is 1.05 bits per heavy atom. The second kappa shape index (κ2) is 14.2. The van der Waals surface area contributed by atoms with Gasteiger partial charge in [0.25, 0.3) is 5.89 Å². The number of β-amino-alcohol motifs (C(OH)–C–C–N with tert-alkyl or cyclic N) is 1. The van der Waals surface area contributed by atoms with Gasteiger partial charge in [-0.1, -0.05) is 48.4 Å². The predicted molar refractivity (Wildman–Crippen MR) is 139 cm³/mol. The van der Waals surface area contributed by atoms with Crippen LogP contribution in [0.5, 0.6) is 0 Å². The van der Waals surface area contributed by atoms with Crippen LogP contribution in [0, 0.1) is 11.8 Å². The van der Waals surface area contributed by atoms with Crippen LogP contribution in [0.25, 0.3) is 23.0 Å². The molecule has 0 bridgehead atoms. The number of aliphatic carboxylic acids is 2. The molecule has 11 nitrogen and oxygen atoms in total. The average molecular weight is 637 g/mol. The van der Waals surface area contributed by atoms with Crippen LogP contribution in [0.1, 0.15) is 56.1 Å². The molecule has 17 heteroatoms. The molecule has 1 aromatic carbocycles. The van der Waals surface area contributed by atoms with Gasteiger partial charge in [-0.25, -0.2) is 4.79 Å². The summed E-state index contributed by atoms with van der Waals surface area (Å²) < 4.78 is 83.0. The van der Waals surface area contributed by atoms with Gasteiger partial charge in [0.15, 0.2) is 5.69 Å². The van der Waals surface area contributed by atoms with E-state index in [1.165, 1.54) is 0 Å². The molecule has 0 aliphatic carbocycles. The maximum atomic E-state index is 13.7. The number of likely N-dealkylation sites (tertiary alicyclic amines) is 1. The van der Waals surface area contributed by atoms with E-state index in [-0.39, 0.29) is 36.3 Å². The maximum Gasteiger partial charge on any atom is 0.490 e. The van der Waals surface area contributed by atoms with E-state index in [2.05, 4.69) is 20.2 Å². The second-order valence-electron chi connectivity index (χ2n) is 10.7. The van der Waals surface area contributed by atoms with Gasteiger partial charge < -0.3 is 29.3 Å². The largest absolute Gasteiger partial charge is 0.490 e. The number of benzene rings is 1. The SMILES string of the molecule is CC(C)Cc1onc(-c2nc(-c3ccc([C@H](O)CN4CCC[C@H](CC(=O)O)C4)cc3)no2)c1C(F)(F)F.O=C(O)C(F)(F)F. The highest BCUT2D eigenvalue weighted by atomic mass is 19.4. The van der Waals surface area contributed by atoms with Gasteiger partial charge in [0.05, 0.1) is 6.10 Å². The van der Waals surface area contributed by atoms with E-state index in [9.17, 15) is 36.2 Å². The summed E-state index contributed by atoms with van der Waals surface area (Å²) in [6, 6.07) is 6.67. The number of halogens is 6. The van der Waals surface area contributed by atoms with E-state index in [1.807, 2.05) is 0 Å². The normalized spacial score (nSPS) is 16.8. The van der Waals surface area contributed by atoms with Gasteiger partial charge in [0.2, 0.25) is 5.82 Å². The summed E-state index contributed by atoms with van der Waals surface area (Å²) in [6.45, 7) is 5.32. The number of carbonyl (C=O) groups is 2. The van der Waals surface area contributed by atoms with E-state index in [4.69, 9.17) is 24.1 Å². The van der Waals surface area contributed by atoms with Crippen LogP contribution in [-0.4, -0.2) is 73.3 Å². The minimum Gasteiger partial charge on any atom is -0.481 e. The molecule has 242 valence electrons. The molecule has 44 heavy (non-hydrogen) atoms. The molecule has 0 unspecified atom stereocenters. The third-order valence-electron chi connectivity index (χ3n) is 6.56. The zero-order chi connectivity index (χ0) is 32.8. The first-order valence-corrected chi connectivity index (χ1v) is 13.4. The van der Waals surface area contributed by atoms with E-state index in [0.29, 0.717) is 24.2 Å². The first-order valence-electron chi connectivity index (χ1n) is 13.4. The lowest BCUT2D eigenvalue weighted by molar-refractivity contribution is -0.192. The Balaban J connectivity index is 0.000000676. The summed E-state index contributed by atoms with van der Waals surface area (Å²) in [6.07, 6.45) is -8.66. The zero-order valence-corrected chi connectivity index (χ0v) is 23.5. The Kier molecular flexibility index (Phi) is 11.1. The highest BCUT2D eigenvalue weighted by Gasteiger charge is 2.42. The van der Waals surface area contributed by atoms with Gasteiger partial charge >= 0.3 is 24.3 Å². The molecule has 4 rings (SSSR count). The number of rotatable bonds is 9. The molecule has 3 aromatic rings. The van der Waals surface area contributed by atoms with Crippen LogP contribution in [0.4, 0.5) is 26.3 Å². The van der Waals surface area contributed by atoms with Crippen molar-refractivity contribution in [3.05, 3.63) is 41.2 Å². The van der Waals surface area contributed by atoms with Crippen molar-refractivity contribution >= 4 is 11.9 Å². The molecule has 0 amide bonds. The number of aliphatic hydroxyl groups is 1. The van der Waals surface area contributed by atoms with Crippen molar-refractivity contribution in [2.45, 2.75) is 58.0 Å². The van der Waals surface area contributed by atoms with Crippen LogP contribution in [0.15, 0.2) is 33.3 Å². The lowest BCUT2D eigenvalue weighted by Crippen LogP contribution is -2.38. The molecular formula is C27H30F6N4O7. The number of nitrogens with zero attached hydrogens (tertiary/aromatic N) is 4. The summed E-state index contributed by atoms with van der Waals surface area (Å²) in [4.78, 5) is 26.1. The van der Waals surface area contributed by atoms with Crippen molar-refractivity contribution in [3.8, 4) is 23.0 Å². The van der Waals surface area contributed by atoms with Gasteiger partial charge in [-0.2, -0.15) is 31.3 Å². The fourth-order valence-corrected chi connectivity index (χ4v) is 4.64. The molecule has 1 fully saturated rings. The van der Waals surface area contributed by atoms with Crippen molar-refractivity contribution in [2.75, 3.05) is 19.6 Å². The van der Waals surface area contributed by atoms with Crippen molar-refractivity contribution in [1.82, 2.24) is 20.2 Å². The van der Waals surface area contributed by atoms with Crippen LogP contribution < -0.4 is 0 Å². The van der Waals surface area contributed by atoms with E-state index >= 15 is 0 Å². The summed E-state index contributed by atoms with van der Waals surface area (Å²) in [7, 11) is 0. The number of aliphatic hydroxyl groups excluding tert-OH is 1. The standard InChI is InChI=1S/C25H29F3N4O5.C2HF3O2/c1-14(2)10-19-21(25(26,27)28)22(30-36-19)24-29-23(31-37-24)17-7-5-16(6-8-17)18(33)13-32-9-3-4-15(12-32)11-20(34)35;3-2(4,5)1(6)7/h5-8,14-15,18,33H,3-4,9-13H2,1-2H3,(H,34,35);(H,6,7)/t15-,18-;/m1./s1. The molecular weight excluding hydrogens is 606 g/mol. The lowest BCUT2D eigenvalue weighted by Gasteiger charge is -2.33. The minimum absolute atomic E-state index is 0.0598. The smallest absolute Gasteiger partial charge is 0.481 e. The first kappa shape index (κ1) is 34.5. The molecule has 3 N–H and O–H groups in total. The number of hydrogen-bond acceptors (Lipinski definition) is 9. The Labute approximate surface area is 246 Å². The Bertz CT molecular complexity index is 1400. The zero-order valence-electron chi connectivity index (χ0n) is 23.5. The van der Waals surface area contributed by atoms with Crippen LogP contribution in [0.3, 0.4) is 0 Å². The molecule has 1 aliphatic heterocycles. The molecule has 0 spiro atoms. The lowest BCUT2D eigenvalue weighted by atomic mass is 9.94. The van der Waals surface area contributed by atoms with Crippen molar-refractivity contribution in [3.63, 3.8) is 0 Å². The van der Waals surface area contributed by atoms with E-state index < -0.39 is 47.5 Å². The van der Waals surface area contributed by atoms with Crippen molar-refractivity contribution < 1.29 is 60.3 Å². The van der Waals surface area contributed by atoms with Gasteiger partial charge in [0.1, 0.15) is 11.3 Å². The summed E-state index contributed by atoms with van der Waals surface area (Å²) in [5.74, 6) is -4.18. The van der Waals surface area contributed by atoms with Gasteiger partial charge in [-0.3, -0.25) is 4.79 Å². The summed E-state index contributed by atoms with van der Waals surface area (Å²) in [5, 5.41) is 34.2. The minimum atomic E-state index is -5.08. The fourth-order valence-electron chi connectivity index (χ4n) is 4.64. The number of alkyl halides is 6. The van der Waals surface area contributed by atoms with Crippen LogP contribution in [0.2, 0.25) is 0 Å². The molecule has 2 atom stereocenters. The molecule has 3 heterocycles. The highest BCUT2D eigenvalue weighted by Crippen LogP contribution is 2.40. The van der Waals surface area contributed by atoms with Crippen LogP contribution in [-0.2, 0) is 22.2 Å². The van der Waals surface area contributed by atoms with Gasteiger partial charge in [-0.15, -0.1) is 0 Å². The third kappa shape index (κ3) is 9.51. The number of carboxylic acids is 2. The average Bonchev–Trinajstić information content (AvgIpc) is 3.55. The monoisotopic (exact) mass is 636 g/mol. The Hall–Kier alpha value is -3.99. The number of piperidine rings is 1. The summed E-state index contributed by atoms with van der Waals surface area (Å²) >= 11 is 0. The van der Waals surface area contributed by atoms with Crippen LogP contribution >= 0.6 is 0 Å². The maximum absolute atomic E-state index is 13.7. The number of carboxylic acid groups (broad SMARTS) is 2. The van der Waals surface area contributed by atoms with Crippen molar-refractivity contribution in [1.29, 1.82) is 0 Å². The number of hydrogen-bond donors (Lipinski definition) is 3. The second-order valence-corrected chi connectivity index (χ2v) is 10.7. The molecule has 1 aliphatic rings. The Morgan fingerprint density at radius 2 is 1.68 bits per heavy atom. The van der Waals surface area contributed by atoms with Gasteiger partial charge in [0, 0.05) is 31.5 Å². The third-order valence-corrected chi connectivity index (χ3v) is 6.56. The molecule has 0 radical (unpaired) electrons. The number of aromatic nitrogens is 3. The van der Waals surface area contributed by atoms with E-state index in [0.717, 1.165) is 19.4 Å². The van der Waals surface area contributed by atoms with E-state index in [1.54, 1.807) is 38.1 Å². The highest BCUT2D eigenvalue weighted by molar-refractivity contribution is 5.73. The molecule has 1 saturated heterocycles. The fraction of sp³-hybridized carbons (Fsp3) is 0.519. The summed E-state index contributed by atoms with van der Waals surface area (Å²) in [5.41, 5.74) is -0.429. The molecule has 2 aromatic heterocycles. The first-order chi connectivity index (χ1) is 20.5. The topological polar surface area (TPSA) is 163 Å².